The van der Waals surface area contributed by atoms with Gasteiger partial charge < -0.3 is 15.8 Å². The number of halogens is 1. The number of nitrogen functional groups attached to an aromatic ring is 1. The number of anilines is 1. The molecule has 82 valence electrons. The molecule has 1 amide bonds. The van der Waals surface area contributed by atoms with Gasteiger partial charge in [0.1, 0.15) is 11.6 Å². The first-order valence-corrected chi connectivity index (χ1v) is 4.52. The lowest BCUT2D eigenvalue weighted by Gasteiger charge is -2.08. The first-order valence-electron chi connectivity index (χ1n) is 4.52. The van der Waals surface area contributed by atoms with Crippen LogP contribution in [0.3, 0.4) is 0 Å². The fourth-order valence-electron chi connectivity index (χ4n) is 1.01. The van der Waals surface area contributed by atoms with Crippen molar-refractivity contribution >= 4 is 11.6 Å². The van der Waals surface area contributed by atoms with Gasteiger partial charge in [0.25, 0.3) is 0 Å². The molecule has 0 heterocycles. The molecule has 0 saturated heterocycles. The van der Waals surface area contributed by atoms with Crippen LogP contribution in [0.15, 0.2) is 18.2 Å². The third-order valence-corrected chi connectivity index (χ3v) is 1.84. The molecule has 0 bridgehead atoms. The Balaban J connectivity index is 2.50. The van der Waals surface area contributed by atoms with Crippen LogP contribution >= 0.6 is 0 Å². The van der Waals surface area contributed by atoms with E-state index >= 15 is 0 Å². The summed E-state index contributed by atoms with van der Waals surface area (Å²) in [6.45, 7) is 0.174. The van der Waals surface area contributed by atoms with Gasteiger partial charge in [-0.2, -0.15) is 0 Å². The molecule has 0 spiro atoms. The van der Waals surface area contributed by atoms with E-state index in [4.69, 9.17) is 10.5 Å². The highest BCUT2D eigenvalue weighted by Crippen LogP contribution is 2.21. The predicted molar refractivity (Wildman–Crippen MR) is 55.0 cm³/mol. The second-order valence-corrected chi connectivity index (χ2v) is 2.95. The molecule has 0 atom stereocenters. The smallest absolute Gasteiger partial charge is 0.223 e. The highest BCUT2D eigenvalue weighted by atomic mass is 19.1. The Morgan fingerprint density at radius 3 is 3.00 bits per heavy atom. The van der Waals surface area contributed by atoms with Gasteiger partial charge in [0, 0.05) is 13.1 Å². The lowest BCUT2D eigenvalue weighted by molar-refractivity contribution is -0.121. The molecule has 0 aliphatic carbocycles. The highest BCUT2D eigenvalue weighted by Gasteiger charge is 2.03. The van der Waals surface area contributed by atoms with Crippen LogP contribution in [-0.2, 0) is 4.79 Å². The Morgan fingerprint density at radius 2 is 2.33 bits per heavy atom. The van der Waals surface area contributed by atoms with Gasteiger partial charge in [0.15, 0.2) is 0 Å². The first-order chi connectivity index (χ1) is 7.13. The summed E-state index contributed by atoms with van der Waals surface area (Å²) in [5.74, 6) is -0.289. The average molecular weight is 212 g/mol. The lowest BCUT2D eigenvalue weighted by atomic mass is 10.3. The number of rotatable bonds is 4. The zero-order valence-corrected chi connectivity index (χ0v) is 8.42. The van der Waals surface area contributed by atoms with E-state index < -0.39 is 5.82 Å². The van der Waals surface area contributed by atoms with Gasteiger partial charge in [-0.15, -0.1) is 0 Å². The molecule has 4 nitrogen and oxygen atoms in total. The van der Waals surface area contributed by atoms with E-state index in [1.54, 1.807) is 7.05 Å². The summed E-state index contributed by atoms with van der Waals surface area (Å²) in [7, 11) is 1.54. The molecule has 5 heteroatoms. The minimum Gasteiger partial charge on any atom is -0.491 e. The second-order valence-electron chi connectivity index (χ2n) is 2.95. The van der Waals surface area contributed by atoms with Crippen molar-refractivity contribution in [3.8, 4) is 5.75 Å². The first kappa shape index (κ1) is 11.3. The van der Waals surface area contributed by atoms with Crippen LogP contribution in [0.4, 0.5) is 10.1 Å². The third-order valence-electron chi connectivity index (χ3n) is 1.84. The highest BCUT2D eigenvalue weighted by molar-refractivity contribution is 5.75. The maximum Gasteiger partial charge on any atom is 0.223 e. The van der Waals surface area contributed by atoms with Gasteiger partial charge in [0.2, 0.25) is 5.91 Å². The Kier molecular flexibility index (Phi) is 3.91. The summed E-state index contributed by atoms with van der Waals surface area (Å²) in [5, 5.41) is 2.45. The SMILES string of the molecule is CNC(=O)CCOc1cc(F)ccc1N. The number of hydrogen-bond donors (Lipinski definition) is 2. The minimum atomic E-state index is -0.417. The molecular weight excluding hydrogens is 199 g/mol. The van der Waals surface area contributed by atoms with Crippen molar-refractivity contribution in [3.63, 3.8) is 0 Å². The number of carbonyl (C=O) groups is 1. The molecule has 15 heavy (non-hydrogen) atoms. The number of carbonyl (C=O) groups excluding carboxylic acids is 1. The Bertz CT molecular complexity index is 355. The quantitative estimate of drug-likeness (QED) is 0.729. The fraction of sp³-hybridized carbons (Fsp3) is 0.300. The maximum absolute atomic E-state index is 12.8. The van der Waals surface area contributed by atoms with Crippen LogP contribution in [0.25, 0.3) is 0 Å². The van der Waals surface area contributed by atoms with Gasteiger partial charge in [-0.25, -0.2) is 4.39 Å². The normalized spacial score (nSPS) is 9.73. The summed E-state index contributed by atoms with van der Waals surface area (Å²) in [6.07, 6.45) is 0.215. The molecule has 0 unspecified atom stereocenters. The van der Waals surface area contributed by atoms with E-state index in [-0.39, 0.29) is 24.7 Å². The fourth-order valence-corrected chi connectivity index (χ4v) is 1.01. The molecule has 3 N–H and O–H groups in total. The number of benzene rings is 1. The number of hydrogen-bond acceptors (Lipinski definition) is 3. The zero-order valence-electron chi connectivity index (χ0n) is 8.42. The maximum atomic E-state index is 12.8. The monoisotopic (exact) mass is 212 g/mol. The number of amides is 1. The zero-order chi connectivity index (χ0) is 11.3. The van der Waals surface area contributed by atoms with Crippen molar-refractivity contribution in [2.75, 3.05) is 19.4 Å². The van der Waals surface area contributed by atoms with Gasteiger partial charge in [-0.3, -0.25) is 4.79 Å². The minimum absolute atomic E-state index is 0.134. The van der Waals surface area contributed by atoms with Crippen molar-refractivity contribution in [1.82, 2.24) is 5.32 Å². The Hall–Kier alpha value is -1.78. The van der Waals surface area contributed by atoms with E-state index in [0.29, 0.717) is 5.69 Å². The summed E-state index contributed by atoms with van der Waals surface area (Å²) in [5.41, 5.74) is 5.90. The molecule has 1 aromatic rings. The Morgan fingerprint density at radius 1 is 1.60 bits per heavy atom. The summed E-state index contributed by atoms with van der Waals surface area (Å²) < 4.78 is 17.9. The van der Waals surface area contributed by atoms with Crippen LogP contribution in [0.5, 0.6) is 5.75 Å². The lowest BCUT2D eigenvalue weighted by Crippen LogP contribution is -2.20. The van der Waals surface area contributed by atoms with Gasteiger partial charge in [-0.05, 0) is 12.1 Å². The van der Waals surface area contributed by atoms with Crippen molar-refractivity contribution in [1.29, 1.82) is 0 Å². The Labute approximate surface area is 87.2 Å². The largest absolute Gasteiger partial charge is 0.491 e. The van der Waals surface area contributed by atoms with E-state index in [9.17, 15) is 9.18 Å². The molecule has 0 fully saturated rings. The predicted octanol–water partition coefficient (Wildman–Crippen LogP) is 0.923. The van der Waals surface area contributed by atoms with Crippen molar-refractivity contribution in [2.45, 2.75) is 6.42 Å². The van der Waals surface area contributed by atoms with Crippen LogP contribution in [0.1, 0.15) is 6.42 Å². The van der Waals surface area contributed by atoms with Crippen LogP contribution < -0.4 is 15.8 Å². The van der Waals surface area contributed by atoms with E-state index in [1.165, 1.54) is 18.2 Å². The average Bonchev–Trinajstić information content (AvgIpc) is 2.23. The number of ether oxygens (including phenoxy) is 1. The number of nitrogens with one attached hydrogen (secondary N) is 1. The van der Waals surface area contributed by atoms with E-state index in [1.807, 2.05) is 0 Å². The second kappa shape index (κ2) is 5.19. The summed E-state index contributed by atoms with van der Waals surface area (Å²) >= 11 is 0. The van der Waals surface area contributed by atoms with E-state index in [2.05, 4.69) is 5.32 Å². The molecule has 1 rings (SSSR count). The molecule has 0 saturated carbocycles. The third kappa shape index (κ3) is 3.46. The van der Waals surface area contributed by atoms with Crippen LogP contribution in [-0.4, -0.2) is 19.6 Å². The van der Waals surface area contributed by atoms with Gasteiger partial charge in [-0.1, -0.05) is 0 Å². The number of nitrogens with two attached hydrogens (primary N) is 1. The molecule has 0 aromatic heterocycles. The van der Waals surface area contributed by atoms with Gasteiger partial charge in [0.05, 0.1) is 18.7 Å². The standard InChI is InChI=1S/C10H13FN2O2/c1-13-10(14)4-5-15-9-6-7(11)2-3-8(9)12/h2-3,6H,4-5,12H2,1H3,(H,13,14). The van der Waals surface area contributed by atoms with E-state index in [0.717, 1.165) is 0 Å². The van der Waals surface area contributed by atoms with Crippen LogP contribution in [0, 0.1) is 5.82 Å². The van der Waals surface area contributed by atoms with Crippen molar-refractivity contribution in [3.05, 3.63) is 24.0 Å². The molecule has 0 aliphatic heterocycles. The molecule has 0 radical (unpaired) electrons. The van der Waals surface area contributed by atoms with Crippen LogP contribution in [0.2, 0.25) is 0 Å². The summed E-state index contributed by atoms with van der Waals surface area (Å²) in [6, 6.07) is 3.87. The molecule has 1 aromatic carbocycles. The molecular formula is C10H13FN2O2. The topological polar surface area (TPSA) is 64.3 Å². The summed E-state index contributed by atoms with van der Waals surface area (Å²) in [4.78, 5) is 10.9. The van der Waals surface area contributed by atoms with Gasteiger partial charge >= 0.3 is 0 Å². The van der Waals surface area contributed by atoms with Crippen molar-refractivity contribution in [2.24, 2.45) is 0 Å². The van der Waals surface area contributed by atoms with Crippen molar-refractivity contribution < 1.29 is 13.9 Å². The molecule has 0 aliphatic rings.